The summed E-state index contributed by atoms with van der Waals surface area (Å²) in [6.45, 7) is 8.35. The number of halogens is 1. The topological polar surface area (TPSA) is 38.3 Å². The first kappa shape index (κ1) is 19.7. The van der Waals surface area contributed by atoms with Crippen LogP contribution in [0.25, 0.3) is 6.08 Å². The minimum Gasteiger partial charge on any atom is -0.489 e. The first-order valence-electron chi connectivity index (χ1n) is 7.77. The number of carbonyl (C=O) groups excluding carboxylic acids is 1. The number of hydrogen-bond donors (Lipinski definition) is 1. The van der Waals surface area contributed by atoms with Crippen LogP contribution in [0.5, 0.6) is 5.75 Å². The second kappa shape index (κ2) is 9.73. The molecule has 0 aliphatic carbocycles. The summed E-state index contributed by atoms with van der Waals surface area (Å²) < 4.78 is 19.5. The normalized spacial score (nSPS) is 14.2. The molecule has 2 atom stereocenters. The van der Waals surface area contributed by atoms with Gasteiger partial charge in [0.15, 0.2) is 5.78 Å². The average Bonchev–Trinajstić information content (AvgIpc) is 2.49. The zero-order valence-corrected chi connectivity index (χ0v) is 15.2. The number of carbonyl (C=O) groups is 1. The molecule has 1 N–H and O–H groups in total. The molecule has 0 aliphatic heterocycles. The highest BCUT2D eigenvalue weighted by atomic mass is 32.2. The lowest BCUT2D eigenvalue weighted by Gasteiger charge is -2.18. The largest absolute Gasteiger partial charge is 0.489 e. The Morgan fingerprint density at radius 3 is 2.61 bits per heavy atom. The minimum atomic E-state index is -0.378. The summed E-state index contributed by atoms with van der Waals surface area (Å²) in [6, 6.07) is 4.48. The van der Waals surface area contributed by atoms with Crippen molar-refractivity contribution in [2.45, 2.75) is 39.2 Å². The SMILES string of the molecule is CSC(C)NCC(C)Oc1cc(F)cc(/C=C/C(=O)C(C)C)c1. The summed E-state index contributed by atoms with van der Waals surface area (Å²) in [5, 5.41) is 3.66. The third kappa shape index (κ3) is 7.66. The average molecular weight is 339 g/mol. The van der Waals surface area contributed by atoms with Gasteiger partial charge in [0.25, 0.3) is 0 Å². The Hall–Kier alpha value is -1.33. The molecule has 0 saturated heterocycles. The van der Waals surface area contributed by atoms with E-state index in [0.29, 0.717) is 23.2 Å². The molecule has 23 heavy (non-hydrogen) atoms. The van der Waals surface area contributed by atoms with E-state index in [4.69, 9.17) is 4.74 Å². The Morgan fingerprint density at radius 2 is 2.00 bits per heavy atom. The lowest BCUT2D eigenvalue weighted by atomic mass is 10.1. The van der Waals surface area contributed by atoms with E-state index in [0.717, 1.165) is 0 Å². The molecule has 0 bridgehead atoms. The number of nitrogens with one attached hydrogen (secondary N) is 1. The van der Waals surface area contributed by atoms with Gasteiger partial charge in [-0.3, -0.25) is 4.79 Å². The highest BCUT2D eigenvalue weighted by molar-refractivity contribution is 7.99. The molecular formula is C18H26FNO2S. The van der Waals surface area contributed by atoms with Crippen LogP contribution in [0.2, 0.25) is 0 Å². The van der Waals surface area contributed by atoms with Crippen LogP contribution in [0, 0.1) is 11.7 Å². The number of rotatable bonds is 9. The summed E-state index contributed by atoms with van der Waals surface area (Å²) in [5.41, 5.74) is 0.617. The molecule has 0 amide bonds. The number of ether oxygens (including phenoxy) is 1. The van der Waals surface area contributed by atoms with Crippen molar-refractivity contribution < 1.29 is 13.9 Å². The summed E-state index contributed by atoms with van der Waals surface area (Å²) in [6.07, 6.45) is 5.05. The Morgan fingerprint density at radius 1 is 1.30 bits per heavy atom. The zero-order valence-electron chi connectivity index (χ0n) is 14.4. The standard InChI is InChI=1S/C18H26FNO2S/c1-12(2)18(21)7-6-15-8-16(19)10-17(9-15)22-13(3)11-20-14(4)23-5/h6-10,12-14,20H,11H2,1-5H3/b7-6+. The van der Waals surface area contributed by atoms with Crippen molar-refractivity contribution in [1.29, 1.82) is 0 Å². The molecule has 1 aromatic rings. The Bertz CT molecular complexity index is 546. The molecule has 0 aromatic heterocycles. The number of thioether (sulfide) groups is 1. The number of benzene rings is 1. The summed E-state index contributed by atoms with van der Waals surface area (Å²) in [4.78, 5) is 11.6. The van der Waals surface area contributed by atoms with Gasteiger partial charge in [0, 0.05) is 18.5 Å². The van der Waals surface area contributed by atoms with E-state index < -0.39 is 0 Å². The molecule has 0 spiro atoms. The molecule has 1 aromatic carbocycles. The highest BCUT2D eigenvalue weighted by Crippen LogP contribution is 2.19. The van der Waals surface area contributed by atoms with E-state index >= 15 is 0 Å². The van der Waals surface area contributed by atoms with Gasteiger partial charge in [-0.05, 0) is 43.9 Å². The van der Waals surface area contributed by atoms with Crippen LogP contribution in [-0.2, 0) is 4.79 Å². The predicted molar refractivity (Wildman–Crippen MR) is 96.3 cm³/mol. The van der Waals surface area contributed by atoms with E-state index in [1.165, 1.54) is 18.2 Å². The molecule has 0 saturated carbocycles. The van der Waals surface area contributed by atoms with Gasteiger partial charge in [0.2, 0.25) is 0 Å². The van der Waals surface area contributed by atoms with Crippen LogP contribution >= 0.6 is 11.8 Å². The fourth-order valence-electron chi connectivity index (χ4n) is 1.81. The van der Waals surface area contributed by atoms with Crippen molar-refractivity contribution in [3.8, 4) is 5.75 Å². The third-order valence-corrected chi connectivity index (χ3v) is 4.16. The van der Waals surface area contributed by atoms with Crippen LogP contribution in [0.15, 0.2) is 24.3 Å². The monoisotopic (exact) mass is 339 g/mol. The van der Waals surface area contributed by atoms with Gasteiger partial charge in [-0.1, -0.05) is 19.9 Å². The summed E-state index contributed by atoms with van der Waals surface area (Å²) in [7, 11) is 0. The van der Waals surface area contributed by atoms with Crippen molar-refractivity contribution in [1.82, 2.24) is 5.32 Å². The molecule has 1 rings (SSSR count). The first-order chi connectivity index (χ1) is 10.8. The van der Waals surface area contributed by atoms with Crippen molar-refractivity contribution in [3.63, 3.8) is 0 Å². The van der Waals surface area contributed by atoms with Crippen LogP contribution < -0.4 is 10.1 Å². The molecule has 128 valence electrons. The van der Waals surface area contributed by atoms with Crippen LogP contribution in [-0.4, -0.2) is 30.1 Å². The van der Waals surface area contributed by atoms with Gasteiger partial charge >= 0.3 is 0 Å². The predicted octanol–water partition coefficient (Wildman–Crippen LogP) is 4.13. The highest BCUT2D eigenvalue weighted by Gasteiger charge is 2.08. The van der Waals surface area contributed by atoms with Gasteiger partial charge in [-0.2, -0.15) is 0 Å². The lowest BCUT2D eigenvalue weighted by Crippen LogP contribution is -2.33. The van der Waals surface area contributed by atoms with Crippen molar-refractivity contribution in [2.75, 3.05) is 12.8 Å². The maximum atomic E-state index is 13.7. The van der Waals surface area contributed by atoms with Crippen LogP contribution in [0.4, 0.5) is 4.39 Å². The second-order valence-electron chi connectivity index (χ2n) is 5.83. The van der Waals surface area contributed by atoms with E-state index in [1.807, 2.05) is 27.0 Å². The minimum absolute atomic E-state index is 0.0142. The quantitative estimate of drug-likeness (QED) is 0.542. The van der Waals surface area contributed by atoms with E-state index in [9.17, 15) is 9.18 Å². The fraction of sp³-hybridized carbons (Fsp3) is 0.500. The zero-order chi connectivity index (χ0) is 17.4. The number of allylic oxidation sites excluding steroid dienone is 1. The first-order valence-corrected chi connectivity index (χ1v) is 9.06. The van der Waals surface area contributed by atoms with Crippen molar-refractivity contribution in [2.24, 2.45) is 5.92 Å². The van der Waals surface area contributed by atoms with Crippen molar-refractivity contribution in [3.05, 3.63) is 35.7 Å². The van der Waals surface area contributed by atoms with Crippen molar-refractivity contribution >= 4 is 23.6 Å². The van der Waals surface area contributed by atoms with Gasteiger partial charge in [0.1, 0.15) is 17.7 Å². The van der Waals surface area contributed by atoms with E-state index in [-0.39, 0.29) is 23.6 Å². The van der Waals surface area contributed by atoms with E-state index in [2.05, 4.69) is 12.2 Å². The molecule has 0 aliphatic rings. The fourth-order valence-corrected chi connectivity index (χ4v) is 2.07. The Labute approximate surface area is 142 Å². The second-order valence-corrected chi connectivity index (χ2v) is 7.00. The van der Waals surface area contributed by atoms with Crippen LogP contribution in [0.3, 0.4) is 0 Å². The summed E-state index contributed by atoms with van der Waals surface area (Å²) in [5.74, 6) is 0.0324. The molecule has 2 unspecified atom stereocenters. The maximum absolute atomic E-state index is 13.7. The Balaban J connectivity index is 2.71. The smallest absolute Gasteiger partial charge is 0.158 e. The lowest BCUT2D eigenvalue weighted by molar-refractivity contribution is -0.117. The number of ketones is 1. The molecule has 5 heteroatoms. The molecule has 0 fully saturated rings. The molecular weight excluding hydrogens is 313 g/mol. The van der Waals surface area contributed by atoms with E-state index in [1.54, 1.807) is 23.9 Å². The van der Waals surface area contributed by atoms with Crippen LogP contribution in [0.1, 0.15) is 33.3 Å². The third-order valence-electron chi connectivity index (χ3n) is 3.29. The van der Waals surface area contributed by atoms with Gasteiger partial charge < -0.3 is 10.1 Å². The van der Waals surface area contributed by atoms with Gasteiger partial charge in [-0.25, -0.2) is 4.39 Å². The summed E-state index contributed by atoms with van der Waals surface area (Å²) >= 11 is 1.72. The maximum Gasteiger partial charge on any atom is 0.158 e. The number of hydrogen-bond acceptors (Lipinski definition) is 4. The Kier molecular flexibility index (Phi) is 8.34. The van der Waals surface area contributed by atoms with Gasteiger partial charge in [0.05, 0.1) is 5.37 Å². The van der Waals surface area contributed by atoms with Gasteiger partial charge in [-0.15, -0.1) is 11.8 Å². The molecule has 0 radical (unpaired) electrons. The molecule has 3 nitrogen and oxygen atoms in total. The molecule has 0 heterocycles.